The molecule has 0 saturated carbocycles. The zero-order valence-electron chi connectivity index (χ0n) is 16.8. The molecule has 1 fully saturated rings. The molecule has 2 aromatic carbocycles. The first kappa shape index (κ1) is 21.8. The second kappa shape index (κ2) is 9.27. The predicted molar refractivity (Wildman–Crippen MR) is 111 cm³/mol. The molecule has 0 bridgehead atoms. The van der Waals surface area contributed by atoms with Crippen LogP contribution in [-0.4, -0.2) is 57.1 Å². The van der Waals surface area contributed by atoms with Crippen LogP contribution in [0.15, 0.2) is 59.5 Å². The number of hydrogen-bond donors (Lipinski definition) is 1. The number of benzene rings is 2. The number of sulfonamides is 1. The van der Waals surface area contributed by atoms with Crippen LogP contribution in [0.2, 0.25) is 0 Å². The highest BCUT2D eigenvalue weighted by atomic mass is 32.2. The zero-order chi connectivity index (χ0) is 21.7. The lowest BCUT2D eigenvalue weighted by Crippen LogP contribution is -2.49. The Morgan fingerprint density at radius 3 is 2.40 bits per heavy atom. The molecule has 0 aromatic heterocycles. The molecule has 2 aromatic rings. The quantitative estimate of drug-likeness (QED) is 0.703. The number of carbonyl (C=O) groups is 2. The number of carbonyl (C=O) groups excluding carboxylic acids is 2. The molecule has 30 heavy (non-hydrogen) atoms. The van der Waals surface area contributed by atoms with Crippen LogP contribution in [0, 0.1) is 0 Å². The van der Waals surface area contributed by atoms with Crippen molar-refractivity contribution in [3.05, 3.63) is 60.2 Å². The smallest absolute Gasteiger partial charge is 0.338 e. The van der Waals surface area contributed by atoms with E-state index in [1.54, 1.807) is 23.1 Å². The maximum Gasteiger partial charge on any atom is 0.338 e. The van der Waals surface area contributed by atoms with E-state index in [1.807, 2.05) is 13.8 Å². The van der Waals surface area contributed by atoms with E-state index >= 15 is 0 Å². The monoisotopic (exact) mass is 432 g/mol. The minimum absolute atomic E-state index is 0.0808. The number of morpholine rings is 1. The average Bonchev–Trinajstić information content (AvgIpc) is 2.71. The highest BCUT2D eigenvalue weighted by Gasteiger charge is 2.26. The standard InChI is InChI=1S/C21H24N2O6S/c1-15-12-23(13-16(2)29-15)20(24)14-28-21(25)17-7-6-8-18(11-17)22-30(26,27)19-9-4-3-5-10-19/h3-11,15-16,22H,12-14H2,1-2H3/t15-,16+. The van der Waals surface area contributed by atoms with E-state index in [9.17, 15) is 18.0 Å². The number of esters is 1. The SMILES string of the molecule is C[C@@H]1CN(C(=O)COC(=O)c2cccc(NS(=O)(=O)c3ccccc3)c2)C[C@H](C)O1. The normalized spacial score (nSPS) is 19.2. The Labute approximate surface area is 175 Å². The van der Waals surface area contributed by atoms with Crippen LogP contribution in [0.4, 0.5) is 5.69 Å². The van der Waals surface area contributed by atoms with Crippen molar-refractivity contribution in [1.29, 1.82) is 0 Å². The van der Waals surface area contributed by atoms with Crippen molar-refractivity contribution in [1.82, 2.24) is 4.90 Å². The molecule has 1 N–H and O–H groups in total. The van der Waals surface area contributed by atoms with E-state index in [0.29, 0.717) is 13.1 Å². The molecule has 8 nitrogen and oxygen atoms in total. The molecule has 0 spiro atoms. The van der Waals surface area contributed by atoms with Crippen molar-refractivity contribution in [2.75, 3.05) is 24.4 Å². The van der Waals surface area contributed by atoms with E-state index < -0.39 is 22.6 Å². The lowest BCUT2D eigenvalue weighted by Gasteiger charge is -2.35. The van der Waals surface area contributed by atoms with Gasteiger partial charge in [-0.05, 0) is 44.2 Å². The molecule has 160 valence electrons. The van der Waals surface area contributed by atoms with Crippen LogP contribution >= 0.6 is 0 Å². The first-order chi connectivity index (χ1) is 14.2. The third-order valence-electron chi connectivity index (χ3n) is 4.50. The maximum absolute atomic E-state index is 12.4. The largest absolute Gasteiger partial charge is 0.452 e. The fourth-order valence-electron chi connectivity index (χ4n) is 3.21. The molecule has 0 aliphatic carbocycles. The van der Waals surface area contributed by atoms with Gasteiger partial charge in [-0.2, -0.15) is 0 Å². The van der Waals surface area contributed by atoms with Gasteiger partial charge < -0.3 is 14.4 Å². The lowest BCUT2D eigenvalue weighted by atomic mass is 10.2. The highest BCUT2D eigenvalue weighted by molar-refractivity contribution is 7.92. The maximum atomic E-state index is 12.4. The molecule has 1 aliphatic rings. The topological polar surface area (TPSA) is 102 Å². The number of amides is 1. The van der Waals surface area contributed by atoms with Crippen LogP contribution in [0.5, 0.6) is 0 Å². The summed E-state index contributed by atoms with van der Waals surface area (Å²) >= 11 is 0. The van der Waals surface area contributed by atoms with Crippen LogP contribution in [0.25, 0.3) is 0 Å². The van der Waals surface area contributed by atoms with Gasteiger partial charge in [-0.1, -0.05) is 24.3 Å². The summed E-state index contributed by atoms with van der Waals surface area (Å²) in [5.41, 5.74) is 0.357. The number of hydrogen-bond acceptors (Lipinski definition) is 6. The van der Waals surface area contributed by atoms with Crippen molar-refractivity contribution in [2.45, 2.75) is 31.0 Å². The second-order valence-corrected chi connectivity index (χ2v) is 8.81. The molecule has 1 saturated heterocycles. The van der Waals surface area contributed by atoms with Gasteiger partial charge in [-0.25, -0.2) is 13.2 Å². The van der Waals surface area contributed by atoms with Crippen molar-refractivity contribution in [3.63, 3.8) is 0 Å². The Kier molecular flexibility index (Phi) is 6.73. The van der Waals surface area contributed by atoms with E-state index in [4.69, 9.17) is 9.47 Å². The summed E-state index contributed by atoms with van der Waals surface area (Å²) in [6, 6.07) is 13.8. The van der Waals surface area contributed by atoms with Gasteiger partial charge in [0, 0.05) is 18.8 Å². The van der Waals surface area contributed by atoms with Crippen molar-refractivity contribution < 1.29 is 27.5 Å². The molecule has 3 rings (SSSR count). The van der Waals surface area contributed by atoms with Gasteiger partial charge in [0.2, 0.25) is 0 Å². The Morgan fingerprint density at radius 2 is 1.73 bits per heavy atom. The highest BCUT2D eigenvalue weighted by Crippen LogP contribution is 2.18. The fraction of sp³-hybridized carbons (Fsp3) is 0.333. The molecule has 2 atom stereocenters. The van der Waals surface area contributed by atoms with Gasteiger partial charge in [-0.15, -0.1) is 0 Å². The number of rotatable bonds is 6. The van der Waals surface area contributed by atoms with Gasteiger partial charge in [0.25, 0.3) is 15.9 Å². The Balaban J connectivity index is 1.61. The minimum Gasteiger partial charge on any atom is -0.452 e. The summed E-state index contributed by atoms with van der Waals surface area (Å²) in [6.45, 7) is 4.25. The molecule has 0 radical (unpaired) electrons. The summed E-state index contributed by atoms with van der Waals surface area (Å²) in [5, 5.41) is 0. The zero-order valence-corrected chi connectivity index (χ0v) is 17.6. The molecule has 1 heterocycles. The minimum atomic E-state index is -3.78. The lowest BCUT2D eigenvalue weighted by molar-refractivity contribution is -0.146. The summed E-state index contributed by atoms with van der Waals surface area (Å²) in [4.78, 5) is 26.4. The summed E-state index contributed by atoms with van der Waals surface area (Å²) in [6.07, 6.45) is -0.162. The Hall–Kier alpha value is -2.91. The molecular formula is C21H24N2O6S. The van der Waals surface area contributed by atoms with Gasteiger partial charge in [0.15, 0.2) is 6.61 Å². The number of anilines is 1. The van der Waals surface area contributed by atoms with E-state index in [2.05, 4.69) is 4.72 Å². The number of ether oxygens (including phenoxy) is 2. The van der Waals surface area contributed by atoms with Gasteiger partial charge in [0.1, 0.15) is 0 Å². The number of nitrogens with zero attached hydrogens (tertiary/aromatic N) is 1. The third kappa shape index (κ3) is 5.58. The Bertz CT molecular complexity index is 999. The molecular weight excluding hydrogens is 408 g/mol. The summed E-state index contributed by atoms with van der Waals surface area (Å²) < 4.78 is 38.0. The van der Waals surface area contributed by atoms with Crippen LogP contribution < -0.4 is 4.72 Å². The molecule has 1 aliphatic heterocycles. The van der Waals surface area contributed by atoms with Crippen LogP contribution in [-0.2, 0) is 24.3 Å². The second-order valence-electron chi connectivity index (χ2n) is 7.13. The molecule has 0 unspecified atom stereocenters. The average molecular weight is 432 g/mol. The van der Waals surface area contributed by atoms with E-state index in [-0.39, 0.29) is 34.3 Å². The first-order valence-corrected chi connectivity index (χ1v) is 11.0. The first-order valence-electron chi connectivity index (χ1n) is 9.53. The van der Waals surface area contributed by atoms with Gasteiger partial charge >= 0.3 is 5.97 Å². The van der Waals surface area contributed by atoms with Gasteiger partial charge in [0.05, 0.1) is 22.7 Å². The van der Waals surface area contributed by atoms with Crippen molar-refractivity contribution >= 4 is 27.6 Å². The van der Waals surface area contributed by atoms with E-state index in [0.717, 1.165) is 0 Å². The molecule has 1 amide bonds. The number of nitrogens with one attached hydrogen (secondary N) is 1. The van der Waals surface area contributed by atoms with E-state index in [1.165, 1.54) is 36.4 Å². The van der Waals surface area contributed by atoms with Crippen molar-refractivity contribution in [2.24, 2.45) is 0 Å². The third-order valence-corrected chi connectivity index (χ3v) is 5.90. The van der Waals surface area contributed by atoms with Crippen LogP contribution in [0.3, 0.4) is 0 Å². The summed E-state index contributed by atoms with van der Waals surface area (Å²) in [5.74, 6) is -1.01. The van der Waals surface area contributed by atoms with Crippen molar-refractivity contribution in [3.8, 4) is 0 Å². The van der Waals surface area contributed by atoms with Gasteiger partial charge in [-0.3, -0.25) is 9.52 Å². The Morgan fingerprint density at radius 1 is 1.07 bits per heavy atom. The predicted octanol–water partition coefficient (Wildman–Crippen LogP) is 2.28. The molecule has 9 heteroatoms. The van der Waals surface area contributed by atoms with Crippen LogP contribution in [0.1, 0.15) is 24.2 Å². The summed E-state index contributed by atoms with van der Waals surface area (Å²) in [7, 11) is -3.78. The fourth-order valence-corrected chi connectivity index (χ4v) is 4.28.